The van der Waals surface area contributed by atoms with E-state index in [4.69, 9.17) is 25.4 Å². The molecule has 1 amide bonds. The Balaban J connectivity index is 1.17. The average Bonchev–Trinajstić information content (AvgIpc) is 3.47. The van der Waals surface area contributed by atoms with Gasteiger partial charge in [-0.1, -0.05) is 18.2 Å². The third-order valence-electron chi connectivity index (χ3n) is 10.6. The van der Waals surface area contributed by atoms with Gasteiger partial charge in [0.1, 0.15) is 16.9 Å². The molecule has 3 atom stereocenters. The molecule has 2 aliphatic carbocycles. The number of methoxy groups -OCH3 is 1. The van der Waals surface area contributed by atoms with Crippen LogP contribution in [-0.2, 0) is 13.6 Å². The van der Waals surface area contributed by atoms with Crippen LogP contribution >= 0.6 is 0 Å². The number of benzene rings is 2. The number of hydrogen-bond donors (Lipinski definition) is 1. The maximum Gasteiger partial charge on any atom is 0.254 e. The lowest BCUT2D eigenvalue weighted by atomic mass is 10.0. The zero-order valence-corrected chi connectivity index (χ0v) is 26.4. The van der Waals surface area contributed by atoms with Crippen molar-refractivity contribution in [2.45, 2.75) is 51.2 Å². The molecule has 0 unspecified atom stereocenters. The van der Waals surface area contributed by atoms with Gasteiger partial charge in [-0.15, -0.1) is 0 Å². The molecule has 0 radical (unpaired) electrons. The molecule has 2 aromatic carbocycles. The molecule has 2 N–H and O–H groups in total. The molecule has 9 rings (SSSR count). The first-order valence-corrected chi connectivity index (χ1v) is 16.4. The summed E-state index contributed by atoms with van der Waals surface area (Å²) in [5.41, 5.74) is 14.6. The Morgan fingerprint density at radius 2 is 1.85 bits per heavy atom. The van der Waals surface area contributed by atoms with Crippen molar-refractivity contribution < 1.29 is 9.53 Å². The predicted molar refractivity (Wildman–Crippen MR) is 180 cm³/mol. The summed E-state index contributed by atoms with van der Waals surface area (Å²) in [6, 6.07) is 20.9. The molecule has 5 heterocycles. The Hall–Kier alpha value is -4.76. The lowest BCUT2D eigenvalue weighted by Gasteiger charge is -2.27. The summed E-state index contributed by atoms with van der Waals surface area (Å²) in [5.74, 6) is 2.49. The maximum atomic E-state index is 13.8. The van der Waals surface area contributed by atoms with Gasteiger partial charge in [-0.3, -0.25) is 9.78 Å². The van der Waals surface area contributed by atoms with Crippen molar-refractivity contribution >= 4 is 38.9 Å². The number of nitrogens with two attached hydrogens (primary N) is 1. The summed E-state index contributed by atoms with van der Waals surface area (Å²) in [7, 11) is 3.68. The smallest absolute Gasteiger partial charge is 0.254 e. The van der Waals surface area contributed by atoms with E-state index in [0.29, 0.717) is 23.1 Å². The fourth-order valence-corrected chi connectivity index (χ4v) is 7.95. The molecular weight excluding hydrogens is 574 g/mol. The fraction of sp³-hybridized carbons (Fsp3) is 0.351. The van der Waals surface area contributed by atoms with Gasteiger partial charge in [-0.25, -0.2) is 9.97 Å². The number of rotatable bonds is 6. The summed E-state index contributed by atoms with van der Waals surface area (Å²) < 4.78 is 10.3. The molecule has 9 nitrogen and oxygen atoms in total. The summed E-state index contributed by atoms with van der Waals surface area (Å²) in [5, 5.41) is 2.17. The quantitative estimate of drug-likeness (QED) is 0.244. The number of ether oxygens (including phenoxy) is 1. The first-order chi connectivity index (χ1) is 22.4. The molecule has 6 aromatic rings. The zero-order chi connectivity index (χ0) is 31.3. The number of pyridine rings is 2. The second-order valence-corrected chi connectivity index (χ2v) is 13.5. The molecule has 9 heteroatoms. The van der Waals surface area contributed by atoms with Crippen molar-refractivity contribution in [3.63, 3.8) is 0 Å². The minimum absolute atomic E-state index is 0.00780. The number of carbonyl (C=O) groups excluding carboxylic acids is 1. The Morgan fingerprint density at radius 3 is 2.61 bits per heavy atom. The van der Waals surface area contributed by atoms with Gasteiger partial charge in [-0.2, -0.15) is 0 Å². The van der Waals surface area contributed by atoms with Gasteiger partial charge >= 0.3 is 0 Å². The number of hydrogen-bond acceptors (Lipinski definition) is 6. The van der Waals surface area contributed by atoms with Crippen LogP contribution in [0.15, 0.2) is 60.7 Å². The minimum atomic E-state index is 0.00780. The molecular formula is C37H37N7O2. The highest BCUT2D eigenvalue weighted by Crippen LogP contribution is 2.40. The Bertz CT molecular complexity index is 2210. The SMILES string of the molecule is COc1cc(C(=O)N2C[C@H]3CC[C@@H]2[C@@H]3N)cc2nc(-c3cc4ccc(-c5cccc6nc(C)ccc56)nc4n3CC3CC3)n(C)c12. The van der Waals surface area contributed by atoms with Crippen LogP contribution in [0.25, 0.3) is 55.7 Å². The largest absolute Gasteiger partial charge is 0.494 e. The molecule has 232 valence electrons. The molecule has 2 bridgehead atoms. The van der Waals surface area contributed by atoms with Crippen molar-refractivity contribution in [3.05, 3.63) is 71.9 Å². The number of likely N-dealkylation sites (tertiary alicyclic amines) is 1. The summed E-state index contributed by atoms with van der Waals surface area (Å²) in [6.07, 6.45) is 4.52. The zero-order valence-electron chi connectivity index (χ0n) is 26.4. The molecule has 3 aliphatic rings. The monoisotopic (exact) mass is 611 g/mol. The van der Waals surface area contributed by atoms with Crippen LogP contribution in [0.4, 0.5) is 0 Å². The third-order valence-corrected chi connectivity index (χ3v) is 10.6. The van der Waals surface area contributed by atoms with Gasteiger partial charge in [0.05, 0.1) is 29.5 Å². The number of aromatic nitrogens is 5. The predicted octanol–water partition coefficient (Wildman–Crippen LogP) is 6.09. The van der Waals surface area contributed by atoms with Crippen molar-refractivity contribution in [2.24, 2.45) is 24.6 Å². The van der Waals surface area contributed by atoms with Crippen LogP contribution in [0.5, 0.6) is 5.75 Å². The molecule has 3 fully saturated rings. The van der Waals surface area contributed by atoms with Crippen LogP contribution in [0.3, 0.4) is 0 Å². The van der Waals surface area contributed by atoms with Crippen LogP contribution < -0.4 is 10.5 Å². The van der Waals surface area contributed by atoms with Crippen LogP contribution in [0.2, 0.25) is 0 Å². The van der Waals surface area contributed by atoms with E-state index >= 15 is 0 Å². The van der Waals surface area contributed by atoms with Gasteiger partial charge in [0, 0.05) is 59.8 Å². The fourth-order valence-electron chi connectivity index (χ4n) is 7.95. The standard InChI is InChI=1S/C37H37N7O2/c1-20-7-12-26-25(5-4-6-27(26)39-20)28-13-10-22-16-31(43(35(22)40-28)18-21-8-9-21)36-41-29-15-24(17-32(46-3)34(29)42(36)2)37(45)44-19-23-11-14-30(44)33(23)38/h4-7,10,12-13,15-17,21,23,30,33H,8-9,11,14,18-19,38H2,1-3H3/t23-,30-,33-/m1/s1. The van der Waals surface area contributed by atoms with E-state index in [9.17, 15) is 4.79 Å². The van der Waals surface area contributed by atoms with E-state index in [1.54, 1.807) is 7.11 Å². The summed E-state index contributed by atoms with van der Waals surface area (Å²) in [6.45, 7) is 3.63. The lowest BCUT2D eigenvalue weighted by molar-refractivity contribution is 0.0700. The van der Waals surface area contributed by atoms with E-state index < -0.39 is 0 Å². The molecule has 4 aromatic heterocycles. The topological polar surface area (TPSA) is 104 Å². The van der Waals surface area contributed by atoms with E-state index in [2.05, 4.69) is 57.7 Å². The number of imidazole rings is 1. The van der Waals surface area contributed by atoms with Crippen molar-refractivity contribution in [2.75, 3.05) is 13.7 Å². The third kappa shape index (κ3) is 4.17. The molecule has 2 saturated carbocycles. The van der Waals surface area contributed by atoms with E-state index in [-0.39, 0.29) is 18.0 Å². The number of piperidine rings is 1. The number of fused-ring (bicyclic) bond motifs is 5. The number of nitrogens with zero attached hydrogens (tertiary/aromatic N) is 6. The number of amides is 1. The molecule has 1 saturated heterocycles. The van der Waals surface area contributed by atoms with E-state index in [1.165, 1.54) is 12.8 Å². The number of carbonyl (C=O) groups is 1. The first kappa shape index (κ1) is 27.5. The Labute approximate surface area is 267 Å². The minimum Gasteiger partial charge on any atom is -0.494 e. The van der Waals surface area contributed by atoms with Gasteiger partial charge < -0.3 is 24.5 Å². The van der Waals surface area contributed by atoms with Gasteiger partial charge in [-0.05, 0) is 86.9 Å². The highest BCUT2D eigenvalue weighted by atomic mass is 16.5. The highest BCUT2D eigenvalue weighted by molar-refractivity contribution is 6.01. The molecule has 1 aliphatic heterocycles. The Kier molecular flexibility index (Phi) is 6.06. The van der Waals surface area contributed by atoms with E-state index in [1.807, 2.05) is 31.0 Å². The maximum absolute atomic E-state index is 13.8. The van der Waals surface area contributed by atoms with Crippen LogP contribution in [0.1, 0.15) is 41.7 Å². The van der Waals surface area contributed by atoms with Crippen molar-refractivity contribution in [3.8, 4) is 28.5 Å². The van der Waals surface area contributed by atoms with Gasteiger partial charge in [0.2, 0.25) is 0 Å². The highest BCUT2D eigenvalue weighted by Gasteiger charge is 2.47. The van der Waals surface area contributed by atoms with Crippen LogP contribution in [0, 0.1) is 18.8 Å². The molecule has 46 heavy (non-hydrogen) atoms. The first-order valence-electron chi connectivity index (χ1n) is 16.4. The lowest BCUT2D eigenvalue weighted by Crippen LogP contribution is -2.41. The summed E-state index contributed by atoms with van der Waals surface area (Å²) >= 11 is 0. The normalized spacial score (nSPS) is 20.9. The average molecular weight is 612 g/mol. The van der Waals surface area contributed by atoms with Gasteiger partial charge in [0.15, 0.2) is 5.82 Å². The van der Waals surface area contributed by atoms with Crippen molar-refractivity contribution in [1.29, 1.82) is 0 Å². The summed E-state index contributed by atoms with van der Waals surface area (Å²) in [4.78, 5) is 30.9. The molecule has 0 spiro atoms. The second kappa shape index (κ2) is 10.1. The second-order valence-electron chi connectivity index (χ2n) is 13.5. The number of aryl methyl sites for hydroxylation is 2. The van der Waals surface area contributed by atoms with Crippen LogP contribution in [-0.4, -0.2) is 60.6 Å². The Morgan fingerprint density at radius 1 is 0.978 bits per heavy atom. The van der Waals surface area contributed by atoms with E-state index in [0.717, 1.165) is 87.4 Å². The van der Waals surface area contributed by atoms with Crippen molar-refractivity contribution in [1.82, 2.24) is 29.0 Å². The van der Waals surface area contributed by atoms with Gasteiger partial charge in [0.25, 0.3) is 5.91 Å².